The Bertz CT molecular complexity index is 467. The number of carbonyl (C=O) groups is 1. The first-order chi connectivity index (χ1) is 9.08. The molecule has 2 N–H and O–H groups in total. The van der Waals surface area contributed by atoms with E-state index < -0.39 is 5.82 Å². The predicted molar refractivity (Wildman–Crippen MR) is 74.4 cm³/mol. The van der Waals surface area contributed by atoms with Gasteiger partial charge in [-0.05, 0) is 47.0 Å². The van der Waals surface area contributed by atoms with Gasteiger partial charge in [0.15, 0.2) is 0 Å². The van der Waals surface area contributed by atoms with Crippen LogP contribution < -0.4 is 5.32 Å². The van der Waals surface area contributed by atoms with Crippen LogP contribution >= 0.6 is 15.9 Å². The summed E-state index contributed by atoms with van der Waals surface area (Å²) in [7, 11) is 0. The number of hydrogen-bond acceptors (Lipinski definition) is 2. The Kier molecular flexibility index (Phi) is 4.93. The van der Waals surface area contributed by atoms with E-state index in [-0.39, 0.29) is 23.5 Å². The second kappa shape index (κ2) is 6.48. The van der Waals surface area contributed by atoms with Crippen molar-refractivity contribution in [2.75, 3.05) is 6.54 Å². The zero-order valence-corrected chi connectivity index (χ0v) is 12.1. The molecule has 0 bridgehead atoms. The molecule has 0 aliphatic heterocycles. The average molecular weight is 330 g/mol. The third-order valence-electron chi connectivity index (χ3n) is 3.57. The van der Waals surface area contributed by atoms with Crippen LogP contribution in [-0.4, -0.2) is 23.7 Å². The quantitative estimate of drug-likeness (QED) is 0.895. The molecule has 0 spiro atoms. The van der Waals surface area contributed by atoms with Gasteiger partial charge in [0.25, 0.3) is 5.91 Å². The number of hydrogen-bond donors (Lipinski definition) is 2. The number of amides is 1. The number of rotatable bonds is 3. The molecule has 0 heterocycles. The monoisotopic (exact) mass is 329 g/mol. The van der Waals surface area contributed by atoms with Crippen LogP contribution in [0.3, 0.4) is 0 Å². The molecule has 19 heavy (non-hydrogen) atoms. The molecule has 0 radical (unpaired) electrons. The van der Waals surface area contributed by atoms with Crippen molar-refractivity contribution in [3.63, 3.8) is 0 Å². The highest BCUT2D eigenvalue weighted by molar-refractivity contribution is 9.10. The normalized spacial score (nSPS) is 23.1. The lowest BCUT2D eigenvalue weighted by atomic mass is 9.86. The van der Waals surface area contributed by atoms with Gasteiger partial charge >= 0.3 is 0 Å². The van der Waals surface area contributed by atoms with Crippen molar-refractivity contribution in [1.29, 1.82) is 0 Å². The molecule has 1 aromatic rings. The van der Waals surface area contributed by atoms with E-state index in [9.17, 15) is 14.3 Å². The fourth-order valence-electron chi connectivity index (χ4n) is 2.42. The summed E-state index contributed by atoms with van der Waals surface area (Å²) in [6.07, 6.45) is 3.50. The summed E-state index contributed by atoms with van der Waals surface area (Å²) in [5.74, 6) is -0.653. The van der Waals surface area contributed by atoms with Crippen LogP contribution in [0.1, 0.15) is 36.0 Å². The zero-order chi connectivity index (χ0) is 13.8. The van der Waals surface area contributed by atoms with Gasteiger partial charge in [-0.3, -0.25) is 4.79 Å². The summed E-state index contributed by atoms with van der Waals surface area (Å²) >= 11 is 3.23. The van der Waals surface area contributed by atoms with Crippen LogP contribution in [-0.2, 0) is 0 Å². The van der Waals surface area contributed by atoms with Gasteiger partial charge in [-0.15, -0.1) is 0 Å². The predicted octanol–water partition coefficient (Wildman–Crippen LogP) is 2.87. The Morgan fingerprint density at radius 3 is 2.89 bits per heavy atom. The number of nitrogens with one attached hydrogen (secondary N) is 1. The van der Waals surface area contributed by atoms with Crippen LogP contribution in [0.5, 0.6) is 0 Å². The molecule has 2 rings (SSSR count). The van der Waals surface area contributed by atoms with Gasteiger partial charge in [0, 0.05) is 16.9 Å². The highest BCUT2D eigenvalue weighted by Gasteiger charge is 2.23. The molecule has 0 aromatic heterocycles. The maximum atomic E-state index is 13.1. The molecule has 1 fully saturated rings. The summed E-state index contributed by atoms with van der Waals surface area (Å²) in [4.78, 5) is 12.0. The molecular weight excluding hydrogens is 313 g/mol. The molecule has 2 atom stereocenters. The molecule has 3 nitrogen and oxygen atoms in total. The number of carbonyl (C=O) groups excluding carboxylic acids is 1. The van der Waals surface area contributed by atoms with Crippen molar-refractivity contribution in [3.05, 3.63) is 34.1 Å². The van der Waals surface area contributed by atoms with Crippen molar-refractivity contribution in [1.82, 2.24) is 5.32 Å². The maximum Gasteiger partial charge on any atom is 0.252 e. The van der Waals surface area contributed by atoms with Crippen molar-refractivity contribution < 1.29 is 14.3 Å². The third kappa shape index (κ3) is 3.76. The molecule has 1 aliphatic carbocycles. The molecule has 1 aliphatic rings. The topological polar surface area (TPSA) is 49.3 Å². The minimum atomic E-state index is -0.439. The summed E-state index contributed by atoms with van der Waals surface area (Å²) in [6.45, 7) is 0.433. The SMILES string of the molecule is O=C(NCC1CCCCC1O)c1cc(F)ccc1Br. The molecule has 1 amide bonds. The standard InChI is InChI=1S/C14H17BrFNO2/c15-12-6-5-10(16)7-11(12)14(19)17-8-9-3-1-2-4-13(9)18/h5-7,9,13,18H,1-4,8H2,(H,17,19). The van der Waals surface area contributed by atoms with Crippen molar-refractivity contribution >= 4 is 21.8 Å². The van der Waals surface area contributed by atoms with Crippen molar-refractivity contribution in [2.45, 2.75) is 31.8 Å². The minimum Gasteiger partial charge on any atom is -0.393 e. The van der Waals surface area contributed by atoms with Crippen LogP contribution in [0.4, 0.5) is 4.39 Å². The van der Waals surface area contributed by atoms with E-state index in [1.54, 1.807) is 0 Å². The Hall–Kier alpha value is -0.940. The summed E-state index contributed by atoms with van der Waals surface area (Å²) in [6, 6.07) is 4.02. The number of aliphatic hydroxyl groups excluding tert-OH is 1. The van der Waals surface area contributed by atoms with E-state index >= 15 is 0 Å². The molecule has 5 heteroatoms. The Balaban J connectivity index is 1.95. The Labute approximate surface area is 120 Å². The molecule has 1 saturated carbocycles. The number of halogens is 2. The average Bonchev–Trinajstić information content (AvgIpc) is 2.40. The van der Waals surface area contributed by atoms with Crippen LogP contribution in [0, 0.1) is 11.7 Å². The van der Waals surface area contributed by atoms with Crippen molar-refractivity contribution in [2.24, 2.45) is 5.92 Å². The smallest absolute Gasteiger partial charge is 0.252 e. The van der Waals surface area contributed by atoms with E-state index in [0.29, 0.717) is 11.0 Å². The lowest BCUT2D eigenvalue weighted by Crippen LogP contribution is -2.36. The second-order valence-electron chi connectivity index (χ2n) is 4.95. The van der Waals surface area contributed by atoms with Crippen LogP contribution in [0.15, 0.2) is 22.7 Å². The molecule has 104 valence electrons. The van der Waals surface area contributed by atoms with Crippen LogP contribution in [0.2, 0.25) is 0 Å². The summed E-state index contributed by atoms with van der Waals surface area (Å²) in [5, 5.41) is 12.6. The lowest BCUT2D eigenvalue weighted by Gasteiger charge is -2.27. The molecule has 2 unspecified atom stereocenters. The minimum absolute atomic E-state index is 0.102. The maximum absolute atomic E-state index is 13.1. The molecule has 0 saturated heterocycles. The highest BCUT2D eigenvalue weighted by atomic mass is 79.9. The van der Waals surface area contributed by atoms with Gasteiger partial charge in [-0.25, -0.2) is 4.39 Å². The van der Waals surface area contributed by atoms with Gasteiger partial charge in [0.2, 0.25) is 0 Å². The third-order valence-corrected chi connectivity index (χ3v) is 4.26. The van der Waals surface area contributed by atoms with E-state index in [2.05, 4.69) is 21.2 Å². The Morgan fingerprint density at radius 1 is 1.42 bits per heavy atom. The van der Waals surface area contributed by atoms with Gasteiger partial charge in [-0.2, -0.15) is 0 Å². The lowest BCUT2D eigenvalue weighted by molar-refractivity contribution is 0.0662. The van der Waals surface area contributed by atoms with Gasteiger partial charge < -0.3 is 10.4 Å². The van der Waals surface area contributed by atoms with Crippen molar-refractivity contribution in [3.8, 4) is 0 Å². The number of aliphatic hydroxyl groups is 1. The molecular formula is C14H17BrFNO2. The van der Waals surface area contributed by atoms with Crippen LogP contribution in [0.25, 0.3) is 0 Å². The second-order valence-corrected chi connectivity index (χ2v) is 5.80. The first-order valence-electron chi connectivity index (χ1n) is 6.49. The largest absolute Gasteiger partial charge is 0.393 e. The van der Waals surface area contributed by atoms with Gasteiger partial charge in [-0.1, -0.05) is 12.8 Å². The highest BCUT2D eigenvalue weighted by Crippen LogP contribution is 2.24. The fourth-order valence-corrected chi connectivity index (χ4v) is 2.84. The van der Waals surface area contributed by atoms with Gasteiger partial charge in [0.05, 0.1) is 11.7 Å². The van der Waals surface area contributed by atoms with Gasteiger partial charge in [0.1, 0.15) is 5.82 Å². The Morgan fingerprint density at radius 2 is 2.16 bits per heavy atom. The first kappa shape index (κ1) is 14.5. The van der Waals surface area contributed by atoms with E-state index in [1.807, 2.05) is 0 Å². The van der Waals surface area contributed by atoms with E-state index in [1.165, 1.54) is 18.2 Å². The fraction of sp³-hybridized carbons (Fsp3) is 0.500. The first-order valence-corrected chi connectivity index (χ1v) is 7.28. The zero-order valence-electron chi connectivity index (χ0n) is 10.5. The van der Waals surface area contributed by atoms with E-state index in [0.717, 1.165) is 25.7 Å². The summed E-state index contributed by atoms with van der Waals surface area (Å²) < 4.78 is 13.7. The summed E-state index contributed by atoms with van der Waals surface area (Å²) in [5.41, 5.74) is 0.283. The molecule has 1 aromatic carbocycles. The number of benzene rings is 1. The van der Waals surface area contributed by atoms with E-state index in [4.69, 9.17) is 0 Å².